The van der Waals surface area contributed by atoms with Crippen LogP contribution in [0.15, 0.2) is 78.9 Å². The summed E-state index contributed by atoms with van der Waals surface area (Å²) in [5.41, 5.74) is 2.51. The molecule has 0 spiro atoms. The van der Waals surface area contributed by atoms with Crippen molar-refractivity contribution in [2.45, 2.75) is 38.0 Å². The fourth-order valence-electron chi connectivity index (χ4n) is 4.83. The molecule has 3 aromatic rings. The second-order valence-electron chi connectivity index (χ2n) is 8.46. The highest BCUT2D eigenvalue weighted by atomic mass is 35.5. The van der Waals surface area contributed by atoms with Crippen LogP contribution >= 0.6 is 23.2 Å². The quantitative estimate of drug-likeness (QED) is 0.478. The summed E-state index contributed by atoms with van der Waals surface area (Å²) in [5, 5.41) is 17.4. The van der Waals surface area contributed by atoms with Crippen molar-refractivity contribution >= 4 is 23.2 Å². The zero-order valence-corrected chi connectivity index (χ0v) is 18.7. The van der Waals surface area contributed by atoms with Gasteiger partial charge in [0.15, 0.2) is 0 Å². The first kappa shape index (κ1) is 21.4. The van der Waals surface area contributed by atoms with Crippen LogP contribution in [0.4, 0.5) is 0 Å². The number of hydrogen-bond donors (Lipinski definition) is 2. The number of rotatable bonds is 4. The van der Waals surface area contributed by atoms with Gasteiger partial charge in [0.05, 0.1) is 5.60 Å². The summed E-state index contributed by atoms with van der Waals surface area (Å²) in [6.07, 6.45) is 0.603. The van der Waals surface area contributed by atoms with E-state index in [1.165, 1.54) is 0 Å². The SMILES string of the molecule is C[C@@H]1[C@@H](c2ccc(Cl)cc2)N[C@H](c2ccc(Cl)cc2)[C@H](C)C1(O)Cc1ccccc1. The molecule has 0 radical (unpaired) electrons. The Kier molecular flexibility index (Phi) is 6.22. The number of hydrogen-bond acceptors (Lipinski definition) is 2. The molecular weight excluding hydrogens is 413 g/mol. The van der Waals surface area contributed by atoms with Gasteiger partial charge in [-0.3, -0.25) is 0 Å². The topological polar surface area (TPSA) is 32.3 Å². The normalized spacial score (nSPS) is 29.0. The Morgan fingerprint density at radius 2 is 1.17 bits per heavy atom. The Bertz CT molecular complexity index is 915. The number of nitrogens with one attached hydrogen (secondary N) is 1. The molecule has 0 aliphatic carbocycles. The highest BCUT2D eigenvalue weighted by Gasteiger charge is 2.51. The summed E-state index contributed by atoms with van der Waals surface area (Å²) in [6.45, 7) is 4.29. The molecule has 2 nitrogen and oxygen atoms in total. The van der Waals surface area contributed by atoms with Crippen molar-refractivity contribution in [2.24, 2.45) is 11.8 Å². The molecule has 3 aromatic carbocycles. The molecule has 156 valence electrons. The first-order valence-corrected chi connectivity index (χ1v) is 11.2. The van der Waals surface area contributed by atoms with Gasteiger partial charge in [0.1, 0.15) is 0 Å². The van der Waals surface area contributed by atoms with Crippen LogP contribution in [0.5, 0.6) is 0 Å². The molecular formula is C26H27Cl2NO. The third-order valence-electron chi connectivity index (χ3n) is 6.72. The maximum atomic E-state index is 12.1. The van der Waals surface area contributed by atoms with E-state index in [1.807, 2.05) is 66.7 Å². The van der Waals surface area contributed by atoms with E-state index in [9.17, 15) is 5.11 Å². The minimum atomic E-state index is -0.888. The Morgan fingerprint density at radius 1 is 0.733 bits per heavy atom. The average molecular weight is 440 g/mol. The number of aliphatic hydroxyl groups is 1. The standard InChI is InChI=1S/C26H27Cl2NO/c1-17-24(20-8-12-22(27)13-9-20)29-25(21-10-14-23(28)15-11-21)18(2)26(17,30)16-19-6-4-3-5-7-19/h3-15,17-18,24-25,29-30H,16H2,1-2H3/t17-,18+,24-,25-,26?/m0/s1. The molecule has 0 saturated carbocycles. The molecule has 30 heavy (non-hydrogen) atoms. The van der Waals surface area contributed by atoms with Crippen LogP contribution in [0.2, 0.25) is 10.0 Å². The van der Waals surface area contributed by atoms with Crippen molar-refractivity contribution in [1.82, 2.24) is 5.32 Å². The fraction of sp³-hybridized carbons (Fsp3) is 0.308. The van der Waals surface area contributed by atoms with E-state index in [0.717, 1.165) is 16.7 Å². The van der Waals surface area contributed by atoms with Crippen molar-refractivity contribution in [2.75, 3.05) is 0 Å². The van der Waals surface area contributed by atoms with E-state index < -0.39 is 5.60 Å². The lowest BCUT2D eigenvalue weighted by molar-refractivity contribution is -0.110. The van der Waals surface area contributed by atoms with Gasteiger partial charge in [-0.2, -0.15) is 0 Å². The van der Waals surface area contributed by atoms with Gasteiger partial charge in [0, 0.05) is 40.4 Å². The maximum Gasteiger partial charge on any atom is 0.0774 e. The minimum absolute atomic E-state index is 0.00238. The van der Waals surface area contributed by atoms with Gasteiger partial charge in [-0.05, 0) is 41.0 Å². The summed E-state index contributed by atoms with van der Waals surface area (Å²) in [5.74, 6) is -0.00476. The van der Waals surface area contributed by atoms with Crippen LogP contribution in [-0.4, -0.2) is 10.7 Å². The van der Waals surface area contributed by atoms with Crippen molar-refractivity contribution in [3.8, 4) is 0 Å². The van der Waals surface area contributed by atoms with Gasteiger partial charge in [0.25, 0.3) is 0 Å². The molecule has 1 aliphatic rings. The van der Waals surface area contributed by atoms with E-state index in [2.05, 4.69) is 31.3 Å². The van der Waals surface area contributed by atoms with Gasteiger partial charge in [-0.15, -0.1) is 0 Å². The van der Waals surface area contributed by atoms with E-state index in [4.69, 9.17) is 23.2 Å². The monoisotopic (exact) mass is 439 g/mol. The highest BCUT2D eigenvalue weighted by molar-refractivity contribution is 6.30. The molecule has 4 rings (SSSR count). The molecule has 5 atom stereocenters. The van der Waals surface area contributed by atoms with Crippen LogP contribution in [0, 0.1) is 11.8 Å². The number of piperidine rings is 1. The molecule has 1 saturated heterocycles. The Balaban J connectivity index is 1.76. The van der Waals surface area contributed by atoms with Gasteiger partial charge >= 0.3 is 0 Å². The predicted molar refractivity (Wildman–Crippen MR) is 125 cm³/mol. The summed E-state index contributed by atoms with van der Waals surface area (Å²) in [6, 6.07) is 26.1. The Labute approximate surface area is 188 Å². The summed E-state index contributed by atoms with van der Waals surface area (Å²) in [4.78, 5) is 0. The van der Waals surface area contributed by atoms with E-state index >= 15 is 0 Å². The van der Waals surface area contributed by atoms with Crippen LogP contribution < -0.4 is 5.32 Å². The first-order chi connectivity index (χ1) is 14.4. The largest absolute Gasteiger partial charge is 0.389 e. The van der Waals surface area contributed by atoms with Crippen molar-refractivity contribution in [3.05, 3.63) is 106 Å². The second kappa shape index (κ2) is 8.72. The van der Waals surface area contributed by atoms with Gasteiger partial charge in [-0.1, -0.05) is 91.6 Å². The Hall–Kier alpha value is -1.84. The molecule has 0 amide bonds. The summed E-state index contributed by atoms with van der Waals surface area (Å²) in [7, 11) is 0. The average Bonchev–Trinajstić information content (AvgIpc) is 2.75. The molecule has 0 aromatic heterocycles. The smallest absolute Gasteiger partial charge is 0.0774 e. The molecule has 1 fully saturated rings. The van der Waals surface area contributed by atoms with Gasteiger partial charge in [-0.25, -0.2) is 0 Å². The fourth-order valence-corrected chi connectivity index (χ4v) is 5.08. The lowest BCUT2D eigenvalue weighted by Crippen LogP contribution is -2.58. The molecule has 2 N–H and O–H groups in total. The third kappa shape index (κ3) is 4.15. The summed E-state index contributed by atoms with van der Waals surface area (Å²) < 4.78 is 0. The van der Waals surface area contributed by atoms with Crippen molar-refractivity contribution < 1.29 is 5.11 Å². The lowest BCUT2D eigenvalue weighted by Gasteiger charge is -2.52. The number of halogens is 2. The number of benzene rings is 3. The molecule has 1 heterocycles. The zero-order valence-electron chi connectivity index (χ0n) is 17.2. The minimum Gasteiger partial charge on any atom is -0.389 e. The third-order valence-corrected chi connectivity index (χ3v) is 7.23. The molecule has 4 heteroatoms. The van der Waals surface area contributed by atoms with Crippen LogP contribution in [0.1, 0.15) is 42.6 Å². The van der Waals surface area contributed by atoms with Crippen LogP contribution in [-0.2, 0) is 6.42 Å². The summed E-state index contributed by atoms with van der Waals surface area (Å²) >= 11 is 12.3. The van der Waals surface area contributed by atoms with E-state index in [1.54, 1.807) is 0 Å². The molecule has 1 aliphatic heterocycles. The molecule has 0 bridgehead atoms. The van der Waals surface area contributed by atoms with Gasteiger partial charge < -0.3 is 10.4 Å². The van der Waals surface area contributed by atoms with Crippen LogP contribution in [0.25, 0.3) is 0 Å². The molecule has 1 unspecified atom stereocenters. The van der Waals surface area contributed by atoms with Crippen molar-refractivity contribution in [1.29, 1.82) is 0 Å². The van der Waals surface area contributed by atoms with Crippen LogP contribution in [0.3, 0.4) is 0 Å². The van der Waals surface area contributed by atoms with Gasteiger partial charge in [0.2, 0.25) is 0 Å². The maximum absolute atomic E-state index is 12.1. The first-order valence-electron chi connectivity index (χ1n) is 10.4. The highest BCUT2D eigenvalue weighted by Crippen LogP contribution is 2.48. The predicted octanol–water partition coefficient (Wildman–Crippen LogP) is 6.63. The lowest BCUT2D eigenvalue weighted by atomic mass is 9.64. The van der Waals surface area contributed by atoms with Crippen molar-refractivity contribution in [3.63, 3.8) is 0 Å². The van der Waals surface area contributed by atoms with E-state index in [0.29, 0.717) is 16.5 Å². The second-order valence-corrected chi connectivity index (χ2v) is 9.33. The Morgan fingerprint density at radius 3 is 1.60 bits per heavy atom. The zero-order chi connectivity index (χ0) is 21.3. The van der Waals surface area contributed by atoms with E-state index in [-0.39, 0.29) is 23.9 Å².